The Labute approximate surface area is 122 Å². The van der Waals surface area contributed by atoms with Crippen molar-refractivity contribution in [3.8, 4) is 0 Å². The van der Waals surface area contributed by atoms with Gasteiger partial charge in [0.1, 0.15) is 0 Å². The Kier molecular flexibility index (Phi) is 4.71. The van der Waals surface area contributed by atoms with Crippen molar-refractivity contribution in [2.45, 2.75) is 25.3 Å². The molecule has 0 spiro atoms. The van der Waals surface area contributed by atoms with E-state index in [0.29, 0.717) is 6.04 Å². The molecule has 1 N–H and O–H groups in total. The van der Waals surface area contributed by atoms with E-state index in [9.17, 15) is 0 Å². The van der Waals surface area contributed by atoms with E-state index in [1.807, 2.05) is 7.11 Å². The molecular formula is C17H26N2O. The fourth-order valence-corrected chi connectivity index (χ4v) is 3.59. The maximum absolute atomic E-state index is 5.28. The van der Waals surface area contributed by atoms with E-state index in [2.05, 4.69) is 34.5 Å². The molecule has 1 fully saturated rings. The lowest BCUT2D eigenvalue weighted by molar-refractivity contribution is 0.0948. The second-order valence-corrected chi connectivity index (χ2v) is 6.15. The molecular weight excluding hydrogens is 248 g/mol. The first-order chi connectivity index (χ1) is 9.86. The van der Waals surface area contributed by atoms with E-state index in [4.69, 9.17) is 4.74 Å². The molecule has 3 nitrogen and oxygen atoms in total. The lowest BCUT2D eigenvalue weighted by Crippen LogP contribution is -2.42. The monoisotopic (exact) mass is 274 g/mol. The number of rotatable bonds is 4. The summed E-state index contributed by atoms with van der Waals surface area (Å²) >= 11 is 0. The summed E-state index contributed by atoms with van der Waals surface area (Å²) < 4.78 is 5.28. The standard InChI is InChI=1S/C17H26N2O/c1-20-13-14-7-10-19(11-8-14)12-17-16-5-3-2-4-15(16)6-9-18-17/h2-5,14,17-18H,6-13H2,1H3. The van der Waals surface area contributed by atoms with E-state index in [0.717, 1.165) is 25.6 Å². The van der Waals surface area contributed by atoms with Crippen molar-refractivity contribution in [1.29, 1.82) is 0 Å². The summed E-state index contributed by atoms with van der Waals surface area (Å²) in [4.78, 5) is 2.62. The summed E-state index contributed by atoms with van der Waals surface area (Å²) in [5.41, 5.74) is 3.04. The minimum atomic E-state index is 0.513. The van der Waals surface area contributed by atoms with Crippen LogP contribution in [0, 0.1) is 5.92 Å². The van der Waals surface area contributed by atoms with Gasteiger partial charge < -0.3 is 15.0 Å². The van der Waals surface area contributed by atoms with Crippen molar-refractivity contribution in [3.63, 3.8) is 0 Å². The van der Waals surface area contributed by atoms with Crippen molar-refractivity contribution >= 4 is 0 Å². The Hall–Kier alpha value is -0.900. The molecule has 2 aliphatic heterocycles. The van der Waals surface area contributed by atoms with Gasteiger partial charge >= 0.3 is 0 Å². The Morgan fingerprint density at radius 2 is 2.05 bits per heavy atom. The number of nitrogens with zero attached hydrogens (tertiary/aromatic N) is 1. The molecule has 1 atom stereocenters. The first-order valence-corrected chi connectivity index (χ1v) is 7.89. The van der Waals surface area contributed by atoms with Gasteiger partial charge in [0.15, 0.2) is 0 Å². The highest BCUT2D eigenvalue weighted by Crippen LogP contribution is 2.25. The van der Waals surface area contributed by atoms with Crippen molar-refractivity contribution in [3.05, 3.63) is 35.4 Å². The van der Waals surface area contributed by atoms with E-state index >= 15 is 0 Å². The Morgan fingerprint density at radius 3 is 2.85 bits per heavy atom. The highest BCUT2D eigenvalue weighted by molar-refractivity contribution is 5.32. The van der Waals surface area contributed by atoms with Crippen molar-refractivity contribution in [2.24, 2.45) is 5.92 Å². The van der Waals surface area contributed by atoms with Gasteiger partial charge in [-0.15, -0.1) is 0 Å². The van der Waals surface area contributed by atoms with E-state index in [-0.39, 0.29) is 0 Å². The first-order valence-electron chi connectivity index (χ1n) is 7.89. The molecule has 1 aromatic rings. The summed E-state index contributed by atoms with van der Waals surface area (Å²) in [6.45, 7) is 5.62. The normalized spacial score (nSPS) is 24.6. The summed E-state index contributed by atoms with van der Waals surface area (Å²) in [7, 11) is 1.81. The van der Waals surface area contributed by atoms with Crippen molar-refractivity contribution in [1.82, 2.24) is 10.2 Å². The third kappa shape index (κ3) is 3.22. The van der Waals surface area contributed by atoms with Gasteiger partial charge in [-0.05, 0) is 55.9 Å². The van der Waals surface area contributed by atoms with Gasteiger partial charge in [0, 0.05) is 26.3 Å². The van der Waals surface area contributed by atoms with Crippen LogP contribution in [0.2, 0.25) is 0 Å². The predicted octanol–water partition coefficient (Wildman–Crippen LogP) is 2.23. The molecule has 0 radical (unpaired) electrons. The predicted molar refractivity (Wildman–Crippen MR) is 81.9 cm³/mol. The van der Waals surface area contributed by atoms with Crippen LogP contribution in [0.1, 0.15) is 30.0 Å². The molecule has 0 aliphatic carbocycles. The van der Waals surface area contributed by atoms with Gasteiger partial charge in [-0.3, -0.25) is 0 Å². The summed E-state index contributed by atoms with van der Waals surface area (Å²) in [6.07, 6.45) is 3.73. The number of methoxy groups -OCH3 is 1. The maximum Gasteiger partial charge on any atom is 0.0491 e. The van der Waals surface area contributed by atoms with Gasteiger partial charge in [0.2, 0.25) is 0 Å². The molecule has 1 unspecified atom stereocenters. The molecule has 0 amide bonds. The minimum Gasteiger partial charge on any atom is -0.384 e. The quantitative estimate of drug-likeness (QED) is 0.911. The molecule has 0 bridgehead atoms. The third-order valence-electron chi connectivity index (χ3n) is 4.77. The molecule has 0 saturated carbocycles. The third-order valence-corrected chi connectivity index (χ3v) is 4.77. The van der Waals surface area contributed by atoms with Crippen LogP contribution in [0.15, 0.2) is 24.3 Å². The molecule has 3 heteroatoms. The topological polar surface area (TPSA) is 24.5 Å². The van der Waals surface area contributed by atoms with Crippen LogP contribution in [0.5, 0.6) is 0 Å². The summed E-state index contributed by atoms with van der Waals surface area (Å²) in [5, 5.41) is 3.69. The van der Waals surface area contributed by atoms with Gasteiger partial charge in [0.05, 0.1) is 0 Å². The zero-order chi connectivity index (χ0) is 13.8. The maximum atomic E-state index is 5.28. The van der Waals surface area contributed by atoms with Crippen LogP contribution in [0.4, 0.5) is 0 Å². The Bertz CT molecular complexity index is 427. The summed E-state index contributed by atoms with van der Waals surface area (Å²) in [6, 6.07) is 9.43. The van der Waals surface area contributed by atoms with Crippen LogP contribution in [-0.4, -0.2) is 44.8 Å². The Balaban J connectivity index is 1.57. The van der Waals surface area contributed by atoms with E-state index in [1.165, 1.54) is 43.5 Å². The SMILES string of the molecule is COCC1CCN(CC2NCCc3ccccc32)CC1. The fraction of sp³-hybridized carbons (Fsp3) is 0.647. The van der Waals surface area contributed by atoms with Crippen LogP contribution in [0.3, 0.4) is 0 Å². The second kappa shape index (κ2) is 6.70. The van der Waals surface area contributed by atoms with Gasteiger partial charge in [-0.2, -0.15) is 0 Å². The minimum absolute atomic E-state index is 0.513. The number of nitrogens with one attached hydrogen (secondary N) is 1. The molecule has 2 aliphatic rings. The number of piperidine rings is 1. The smallest absolute Gasteiger partial charge is 0.0491 e. The van der Waals surface area contributed by atoms with Crippen LogP contribution >= 0.6 is 0 Å². The molecule has 20 heavy (non-hydrogen) atoms. The highest BCUT2D eigenvalue weighted by Gasteiger charge is 2.24. The van der Waals surface area contributed by atoms with Crippen LogP contribution < -0.4 is 5.32 Å². The van der Waals surface area contributed by atoms with Crippen molar-refractivity contribution in [2.75, 3.05) is 39.9 Å². The lowest BCUT2D eigenvalue weighted by Gasteiger charge is -2.36. The lowest BCUT2D eigenvalue weighted by atomic mass is 9.92. The highest BCUT2D eigenvalue weighted by atomic mass is 16.5. The van der Waals surface area contributed by atoms with Gasteiger partial charge in [-0.1, -0.05) is 24.3 Å². The number of fused-ring (bicyclic) bond motifs is 1. The van der Waals surface area contributed by atoms with E-state index in [1.54, 1.807) is 0 Å². The number of hydrogen-bond donors (Lipinski definition) is 1. The molecule has 0 aromatic heterocycles. The molecule has 110 valence electrons. The molecule has 1 saturated heterocycles. The zero-order valence-corrected chi connectivity index (χ0v) is 12.5. The molecule has 1 aromatic carbocycles. The first kappa shape index (κ1) is 14.1. The van der Waals surface area contributed by atoms with Gasteiger partial charge in [0.25, 0.3) is 0 Å². The average Bonchev–Trinajstić information content (AvgIpc) is 2.50. The average molecular weight is 274 g/mol. The summed E-state index contributed by atoms with van der Waals surface area (Å²) in [5.74, 6) is 0.767. The zero-order valence-electron chi connectivity index (χ0n) is 12.5. The van der Waals surface area contributed by atoms with Crippen LogP contribution in [0.25, 0.3) is 0 Å². The molecule has 3 rings (SSSR count). The van der Waals surface area contributed by atoms with Crippen molar-refractivity contribution < 1.29 is 4.74 Å². The second-order valence-electron chi connectivity index (χ2n) is 6.15. The molecule has 2 heterocycles. The van der Waals surface area contributed by atoms with E-state index < -0.39 is 0 Å². The van der Waals surface area contributed by atoms with Crippen LogP contribution in [-0.2, 0) is 11.2 Å². The number of benzene rings is 1. The Morgan fingerprint density at radius 1 is 1.25 bits per heavy atom. The van der Waals surface area contributed by atoms with Gasteiger partial charge in [-0.25, -0.2) is 0 Å². The largest absolute Gasteiger partial charge is 0.384 e. The fourth-order valence-electron chi connectivity index (χ4n) is 3.59. The number of ether oxygens (including phenoxy) is 1. The number of likely N-dealkylation sites (tertiary alicyclic amines) is 1. The number of hydrogen-bond acceptors (Lipinski definition) is 3.